The van der Waals surface area contributed by atoms with Gasteiger partial charge in [-0.05, 0) is 52.4 Å². The maximum Gasteiger partial charge on any atom is 0.416 e. The number of hydrogen-bond donors (Lipinski definition) is 1. The Hall–Kier alpha value is -1.28. The molecule has 6 heteroatoms. The van der Waals surface area contributed by atoms with Gasteiger partial charge in [-0.15, -0.1) is 0 Å². The standard InChI is InChI=1S/C14H10F3IO2/c15-14(16,17)11-7-10(6-5-9(11)8-19)20-13-4-2-1-3-12(13)18/h1-7,19H,8H2. The quantitative estimate of drug-likeness (QED) is 0.772. The lowest BCUT2D eigenvalue weighted by Crippen LogP contribution is -2.09. The third-order valence-electron chi connectivity index (χ3n) is 2.62. The average Bonchev–Trinajstić information content (AvgIpc) is 2.40. The molecule has 2 rings (SSSR count). The van der Waals surface area contributed by atoms with E-state index in [2.05, 4.69) is 0 Å². The van der Waals surface area contributed by atoms with Crippen LogP contribution in [0, 0.1) is 3.57 Å². The van der Waals surface area contributed by atoms with Gasteiger partial charge in [-0.25, -0.2) is 0 Å². The van der Waals surface area contributed by atoms with Gasteiger partial charge >= 0.3 is 6.18 Å². The van der Waals surface area contributed by atoms with Crippen molar-refractivity contribution >= 4 is 22.6 Å². The Morgan fingerprint density at radius 1 is 1.10 bits per heavy atom. The summed E-state index contributed by atoms with van der Waals surface area (Å²) < 4.78 is 44.8. The molecule has 0 aliphatic heterocycles. The van der Waals surface area contributed by atoms with Gasteiger partial charge in [0.25, 0.3) is 0 Å². The average molecular weight is 394 g/mol. The van der Waals surface area contributed by atoms with Crippen molar-refractivity contribution in [3.63, 3.8) is 0 Å². The van der Waals surface area contributed by atoms with E-state index < -0.39 is 18.3 Å². The van der Waals surface area contributed by atoms with E-state index in [0.29, 0.717) is 5.75 Å². The zero-order valence-corrected chi connectivity index (χ0v) is 12.3. The van der Waals surface area contributed by atoms with E-state index >= 15 is 0 Å². The first-order chi connectivity index (χ1) is 9.41. The van der Waals surface area contributed by atoms with Gasteiger partial charge in [0.2, 0.25) is 0 Å². The first kappa shape index (κ1) is 15.1. The minimum Gasteiger partial charge on any atom is -0.456 e. The molecule has 0 aliphatic rings. The maximum absolute atomic E-state index is 12.9. The molecule has 1 N–H and O–H groups in total. The molecule has 0 heterocycles. The van der Waals surface area contributed by atoms with Crippen molar-refractivity contribution in [2.24, 2.45) is 0 Å². The second kappa shape index (κ2) is 6.01. The van der Waals surface area contributed by atoms with Crippen LogP contribution in [0.2, 0.25) is 0 Å². The summed E-state index contributed by atoms with van der Waals surface area (Å²) in [6.07, 6.45) is -4.53. The third-order valence-corrected chi connectivity index (χ3v) is 3.51. The Morgan fingerprint density at radius 2 is 1.80 bits per heavy atom. The predicted octanol–water partition coefficient (Wildman–Crippen LogP) is 4.59. The van der Waals surface area contributed by atoms with Gasteiger partial charge in [-0.2, -0.15) is 13.2 Å². The van der Waals surface area contributed by atoms with Gasteiger partial charge in [0.15, 0.2) is 0 Å². The molecule has 0 bridgehead atoms. The molecule has 0 spiro atoms. The summed E-state index contributed by atoms with van der Waals surface area (Å²) in [6, 6.07) is 10.5. The van der Waals surface area contributed by atoms with E-state index in [1.807, 2.05) is 28.7 Å². The molecule has 0 amide bonds. The summed E-state index contributed by atoms with van der Waals surface area (Å²) in [5.74, 6) is 0.566. The molecule has 0 atom stereocenters. The van der Waals surface area contributed by atoms with Crippen molar-refractivity contribution in [2.45, 2.75) is 12.8 Å². The summed E-state index contributed by atoms with van der Waals surface area (Å²) in [6.45, 7) is -0.669. The van der Waals surface area contributed by atoms with Gasteiger partial charge in [0.05, 0.1) is 15.7 Å². The molecule has 2 nitrogen and oxygen atoms in total. The fraction of sp³-hybridized carbons (Fsp3) is 0.143. The Kier molecular flexibility index (Phi) is 4.54. The largest absolute Gasteiger partial charge is 0.456 e. The second-order valence-corrected chi connectivity index (χ2v) is 5.17. The topological polar surface area (TPSA) is 29.5 Å². The number of halogens is 4. The van der Waals surface area contributed by atoms with E-state index in [0.717, 1.165) is 9.64 Å². The van der Waals surface area contributed by atoms with Crippen molar-refractivity contribution in [3.05, 3.63) is 57.2 Å². The van der Waals surface area contributed by atoms with Crippen LogP contribution in [-0.4, -0.2) is 5.11 Å². The molecule has 0 aliphatic carbocycles. The summed E-state index contributed by atoms with van der Waals surface area (Å²) in [5.41, 5.74) is -1.06. The van der Waals surface area contributed by atoms with Gasteiger partial charge in [-0.1, -0.05) is 18.2 Å². The Labute approximate surface area is 127 Å². The molecule has 0 aromatic heterocycles. The molecule has 20 heavy (non-hydrogen) atoms. The first-order valence-corrected chi connectivity index (χ1v) is 6.73. The molecular weight excluding hydrogens is 384 g/mol. The number of ether oxygens (including phenoxy) is 1. The number of hydrogen-bond acceptors (Lipinski definition) is 2. The molecule has 106 valence electrons. The van der Waals surface area contributed by atoms with Gasteiger partial charge in [0, 0.05) is 0 Å². The summed E-state index contributed by atoms with van der Waals surface area (Å²) in [5, 5.41) is 8.96. The minimum absolute atomic E-state index is 0.0821. The highest BCUT2D eigenvalue weighted by Crippen LogP contribution is 2.36. The van der Waals surface area contributed by atoms with Crippen LogP contribution >= 0.6 is 22.6 Å². The molecule has 0 fully saturated rings. The van der Waals surface area contributed by atoms with Crippen molar-refractivity contribution in [3.8, 4) is 11.5 Å². The lowest BCUT2D eigenvalue weighted by Gasteiger charge is -2.14. The van der Waals surface area contributed by atoms with E-state index in [1.165, 1.54) is 12.1 Å². The zero-order chi connectivity index (χ0) is 14.8. The van der Waals surface area contributed by atoms with Crippen molar-refractivity contribution in [1.82, 2.24) is 0 Å². The Morgan fingerprint density at radius 3 is 2.40 bits per heavy atom. The molecule has 0 saturated carbocycles. The number of para-hydroxylation sites is 1. The number of alkyl halides is 3. The number of aliphatic hydroxyl groups excluding tert-OH is 1. The second-order valence-electron chi connectivity index (χ2n) is 4.01. The van der Waals surface area contributed by atoms with Crippen LogP contribution in [0.3, 0.4) is 0 Å². The maximum atomic E-state index is 12.9. The smallest absolute Gasteiger partial charge is 0.416 e. The van der Waals surface area contributed by atoms with Crippen LogP contribution in [0.15, 0.2) is 42.5 Å². The van der Waals surface area contributed by atoms with Crippen LogP contribution < -0.4 is 4.74 Å². The minimum atomic E-state index is -4.53. The molecular formula is C14H10F3IO2. The van der Waals surface area contributed by atoms with Crippen LogP contribution in [-0.2, 0) is 12.8 Å². The Balaban J connectivity index is 2.37. The zero-order valence-electron chi connectivity index (χ0n) is 10.1. The van der Waals surface area contributed by atoms with Crippen molar-refractivity contribution < 1.29 is 23.0 Å². The lowest BCUT2D eigenvalue weighted by molar-refractivity contribution is -0.138. The van der Waals surface area contributed by atoms with E-state index in [1.54, 1.807) is 18.2 Å². The molecule has 0 saturated heterocycles. The molecule has 2 aromatic rings. The molecule has 2 aromatic carbocycles. The number of aliphatic hydroxyl groups is 1. The van der Waals surface area contributed by atoms with Crippen LogP contribution in [0.25, 0.3) is 0 Å². The number of benzene rings is 2. The fourth-order valence-corrected chi connectivity index (χ4v) is 2.17. The van der Waals surface area contributed by atoms with Gasteiger partial charge in [0.1, 0.15) is 11.5 Å². The summed E-state index contributed by atoms with van der Waals surface area (Å²) in [7, 11) is 0. The third kappa shape index (κ3) is 3.43. The monoisotopic (exact) mass is 394 g/mol. The van der Waals surface area contributed by atoms with E-state index in [4.69, 9.17) is 9.84 Å². The van der Waals surface area contributed by atoms with Crippen LogP contribution in [0.1, 0.15) is 11.1 Å². The summed E-state index contributed by atoms with van der Waals surface area (Å²) >= 11 is 2.04. The highest BCUT2D eigenvalue weighted by molar-refractivity contribution is 14.1. The fourth-order valence-electron chi connectivity index (χ4n) is 1.68. The lowest BCUT2D eigenvalue weighted by atomic mass is 10.1. The van der Waals surface area contributed by atoms with Gasteiger partial charge < -0.3 is 9.84 Å². The normalized spacial score (nSPS) is 11.4. The van der Waals surface area contributed by atoms with E-state index in [9.17, 15) is 13.2 Å². The molecule has 0 unspecified atom stereocenters. The summed E-state index contributed by atoms with van der Waals surface area (Å²) in [4.78, 5) is 0. The molecule has 0 radical (unpaired) electrons. The number of rotatable bonds is 3. The van der Waals surface area contributed by atoms with Crippen molar-refractivity contribution in [1.29, 1.82) is 0 Å². The first-order valence-electron chi connectivity index (χ1n) is 5.65. The SMILES string of the molecule is OCc1ccc(Oc2ccccc2I)cc1C(F)(F)F. The van der Waals surface area contributed by atoms with Gasteiger partial charge in [-0.3, -0.25) is 0 Å². The van der Waals surface area contributed by atoms with Crippen LogP contribution in [0.5, 0.6) is 11.5 Å². The van der Waals surface area contributed by atoms with E-state index in [-0.39, 0.29) is 11.3 Å². The highest BCUT2D eigenvalue weighted by atomic mass is 127. The van der Waals surface area contributed by atoms with Crippen molar-refractivity contribution in [2.75, 3.05) is 0 Å². The highest BCUT2D eigenvalue weighted by Gasteiger charge is 2.33. The van der Waals surface area contributed by atoms with Crippen LogP contribution in [0.4, 0.5) is 13.2 Å². The predicted molar refractivity (Wildman–Crippen MR) is 76.6 cm³/mol. The Bertz CT molecular complexity index is 612.